The van der Waals surface area contributed by atoms with Gasteiger partial charge >= 0.3 is 71.9 Å². The minimum Gasteiger partial charge on any atom is -0.665 e. The summed E-state index contributed by atoms with van der Waals surface area (Å²) in [7, 11) is 0. The standard InChI is InChI=1S/4CHO2.Ba.Mg/c4*2-1-3;;/h4*(H,2,3);;/q4*-1;2*+2. The molecule has 0 bridgehead atoms. The Morgan fingerprint density at radius 3 is 0.571 bits per heavy atom. The summed E-state index contributed by atoms with van der Waals surface area (Å²) in [5.41, 5.74) is 0. The monoisotopic (exact) mass is 342 g/mol. The van der Waals surface area contributed by atoms with Crippen LogP contribution in [0.15, 0.2) is 0 Å². The molecule has 4 N–H and O–H groups in total. The average molecular weight is 342 g/mol. The molecule has 0 aromatic heterocycles. The van der Waals surface area contributed by atoms with Gasteiger partial charge in [-0.3, -0.25) is 0 Å². The summed E-state index contributed by atoms with van der Waals surface area (Å²) in [6.07, 6.45) is 0. The van der Waals surface area contributed by atoms with Gasteiger partial charge in [-0.25, -0.2) is 0 Å². The first-order valence-electron chi connectivity index (χ1n) is 1.71. The molecular formula is C4H4BaMgO8. The van der Waals surface area contributed by atoms with Gasteiger partial charge in [-0.05, 0) is 0 Å². The molecule has 0 aliphatic carbocycles. The van der Waals surface area contributed by atoms with E-state index in [4.69, 9.17) is 39.6 Å². The van der Waals surface area contributed by atoms with E-state index in [0.29, 0.717) is 25.9 Å². The quantitative estimate of drug-likeness (QED) is 0.283. The van der Waals surface area contributed by atoms with E-state index in [1.54, 1.807) is 0 Å². The molecule has 0 rings (SSSR count). The summed E-state index contributed by atoms with van der Waals surface area (Å²) in [5, 5.41) is 27.1. The number of hydrogen-bond acceptors (Lipinski definition) is 4. The Morgan fingerprint density at radius 2 is 0.571 bits per heavy atom. The molecule has 0 fully saturated rings. The van der Waals surface area contributed by atoms with E-state index < -0.39 is 0 Å². The van der Waals surface area contributed by atoms with Crippen molar-refractivity contribution >= 4 is 97.8 Å². The Kier molecular flexibility index (Phi) is 291. The summed E-state index contributed by atoms with van der Waals surface area (Å²) in [6, 6.07) is 0. The number of aliphatic hydroxyl groups excluding tert-OH is 4. The van der Waals surface area contributed by atoms with Crippen LogP contribution in [-0.2, 0) is 19.2 Å². The van der Waals surface area contributed by atoms with E-state index in [1.165, 1.54) is 0 Å². The smallest absolute Gasteiger partial charge is 0.665 e. The molecule has 0 unspecified atom stereocenters. The molecule has 0 atom stereocenters. The fourth-order valence-corrected chi connectivity index (χ4v) is 0. The molecule has 14 heavy (non-hydrogen) atoms. The molecule has 0 radical (unpaired) electrons. The van der Waals surface area contributed by atoms with Gasteiger partial charge in [0, 0.05) is 0 Å². The Bertz CT molecular complexity index is 75.3. The molecule has 0 saturated heterocycles. The van der Waals surface area contributed by atoms with Gasteiger partial charge in [0.15, 0.2) is 0 Å². The van der Waals surface area contributed by atoms with Gasteiger partial charge in [-0.15, -0.1) is 0 Å². The maximum atomic E-state index is 8.24. The van der Waals surface area contributed by atoms with E-state index in [0.717, 1.165) is 0 Å². The van der Waals surface area contributed by atoms with Crippen molar-refractivity contribution in [3.05, 3.63) is 0 Å². The molecule has 0 aliphatic rings. The first kappa shape index (κ1) is 36.8. The zero-order chi connectivity index (χ0) is 10.8. The van der Waals surface area contributed by atoms with Crippen molar-refractivity contribution in [2.75, 3.05) is 0 Å². The topological polar surface area (TPSA) is 149 Å². The van der Waals surface area contributed by atoms with Crippen molar-refractivity contribution in [2.24, 2.45) is 0 Å². The maximum absolute atomic E-state index is 8.24. The van der Waals surface area contributed by atoms with Gasteiger partial charge in [-0.1, -0.05) is 25.9 Å². The van der Waals surface area contributed by atoms with Crippen LogP contribution in [0, 0.1) is 0 Å². The number of hydrogen-bond donors (Lipinski definition) is 4. The second-order valence-corrected chi connectivity index (χ2v) is 0.365. The minimum atomic E-state index is 0. The molecule has 0 amide bonds. The molecule has 8 nitrogen and oxygen atoms in total. The predicted octanol–water partition coefficient (Wildman–Crippen LogP) is -2.32. The molecule has 0 heterocycles. The van der Waals surface area contributed by atoms with Crippen LogP contribution in [0.1, 0.15) is 0 Å². The molecule has 0 aromatic carbocycles. The van der Waals surface area contributed by atoms with Crippen molar-refractivity contribution < 1.29 is 39.6 Å². The number of rotatable bonds is 0. The van der Waals surface area contributed by atoms with Gasteiger partial charge in [0.2, 0.25) is 0 Å². The van der Waals surface area contributed by atoms with Crippen LogP contribution in [0.4, 0.5) is 0 Å². The molecule has 0 spiro atoms. The van der Waals surface area contributed by atoms with Gasteiger partial charge in [-0.2, -0.15) is 0 Å². The summed E-state index contributed by atoms with van der Waals surface area (Å²) < 4.78 is 0. The third-order valence-electron chi connectivity index (χ3n) is 0. The first-order valence-corrected chi connectivity index (χ1v) is 1.71. The van der Waals surface area contributed by atoms with Gasteiger partial charge in [0.1, 0.15) is 0 Å². The summed E-state index contributed by atoms with van der Waals surface area (Å²) in [4.78, 5) is 32.9. The van der Waals surface area contributed by atoms with Crippen LogP contribution >= 0.6 is 0 Å². The van der Waals surface area contributed by atoms with Crippen LogP contribution in [-0.4, -0.2) is 118 Å². The zero-order valence-electron chi connectivity index (χ0n) is 6.84. The van der Waals surface area contributed by atoms with E-state index in [9.17, 15) is 0 Å². The fourth-order valence-electron chi connectivity index (χ4n) is 0. The predicted molar refractivity (Wildman–Crippen MR) is 44.8 cm³/mol. The van der Waals surface area contributed by atoms with E-state index in [2.05, 4.69) is 0 Å². The van der Waals surface area contributed by atoms with Gasteiger partial charge in [0.25, 0.3) is 0 Å². The Morgan fingerprint density at radius 1 is 0.571 bits per heavy atom. The largest absolute Gasteiger partial charge is 2.00 e. The van der Waals surface area contributed by atoms with E-state index in [-0.39, 0.29) is 71.9 Å². The van der Waals surface area contributed by atoms with Crippen molar-refractivity contribution in [1.82, 2.24) is 0 Å². The Labute approximate surface area is 136 Å². The molecule has 0 aliphatic heterocycles. The molecular weight excluding hydrogens is 338 g/mol. The SMILES string of the molecule is O=[C-]O.O=[C-]O.O=[C-]O.O=[C-]O.[Ba+2].[Mg+2]. The van der Waals surface area contributed by atoms with Crippen molar-refractivity contribution in [1.29, 1.82) is 0 Å². The third kappa shape index (κ3) is 32500. The zero-order valence-corrected chi connectivity index (χ0v) is 12.7. The molecule has 0 saturated carbocycles. The van der Waals surface area contributed by atoms with E-state index in [1.807, 2.05) is 0 Å². The average Bonchev–Trinajstić information content (AvgIpc) is 1.92. The second kappa shape index (κ2) is 111. The van der Waals surface area contributed by atoms with Crippen molar-refractivity contribution in [2.45, 2.75) is 0 Å². The second-order valence-electron chi connectivity index (χ2n) is 0.365. The Hall–Kier alpha value is 0.218. The maximum Gasteiger partial charge on any atom is 2.00 e. The molecule has 10 heteroatoms. The van der Waals surface area contributed by atoms with Crippen LogP contribution in [0.5, 0.6) is 0 Å². The van der Waals surface area contributed by atoms with E-state index >= 15 is 0 Å². The molecule has 72 valence electrons. The normalized spacial score (nSPS) is 3.43. The Balaban J connectivity index is -0.0000000145. The minimum absolute atomic E-state index is 0. The van der Waals surface area contributed by atoms with Crippen LogP contribution in [0.3, 0.4) is 0 Å². The van der Waals surface area contributed by atoms with Crippen LogP contribution in [0.25, 0.3) is 0 Å². The summed E-state index contributed by atoms with van der Waals surface area (Å²) >= 11 is 0. The summed E-state index contributed by atoms with van der Waals surface area (Å²) in [5.74, 6) is 0. The van der Waals surface area contributed by atoms with Crippen LogP contribution in [0.2, 0.25) is 0 Å². The summed E-state index contributed by atoms with van der Waals surface area (Å²) in [6.45, 7) is 2.00. The molecule has 0 aromatic rings. The van der Waals surface area contributed by atoms with Crippen molar-refractivity contribution in [3.8, 4) is 0 Å². The third-order valence-corrected chi connectivity index (χ3v) is 0. The van der Waals surface area contributed by atoms with Crippen LogP contribution < -0.4 is 0 Å². The van der Waals surface area contributed by atoms with Crippen molar-refractivity contribution in [3.63, 3.8) is 0 Å². The fraction of sp³-hybridized carbons (Fsp3) is 0. The van der Waals surface area contributed by atoms with Gasteiger partial charge < -0.3 is 39.6 Å². The first-order chi connectivity index (χ1) is 5.66. The van der Waals surface area contributed by atoms with Gasteiger partial charge in [0.05, 0.1) is 0 Å².